The number of amides is 2. The third-order valence-electron chi connectivity index (χ3n) is 7.12. The summed E-state index contributed by atoms with van der Waals surface area (Å²) >= 11 is 6.30. The highest BCUT2D eigenvalue weighted by Crippen LogP contribution is 2.37. The average Bonchev–Trinajstić information content (AvgIpc) is 3.30. The molecule has 0 radical (unpaired) electrons. The molecule has 4 rings (SSSR count). The lowest BCUT2D eigenvalue weighted by Gasteiger charge is -2.28. The highest BCUT2D eigenvalue weighted by atomic mass is 32.2. The minimum Gasteiger partial charge on any atom is -0.485 e. The summed E-state index contributed by atoms with van der Waals surface area (Å²) in [5, 5.41) is 9.20. The summed E-state index contributed by atoms with van der Waals surface area (Å²) in [5.74, 6) is -0.964. The van der Waals surface area contributed by atoms with Gasteiger partial charge in [0.25, 0.3) is 11.8 Å². The van der Waals surface area contributed by atoms with Gasteiger partial charge in [0.1, 0.15) is 17.5 Å². The maximum absolute atomic E-state index is 14.1. The molecule has 1 saturated heterocycles. The van der Waals surface area contributed by atoms with Crippen molar-refractivity contribution in [3.8, 4) is 11.5 Å². The predicted octanol–water partition coefficient (Wildman–Crippen LogP) is 7.10. The molecule has 3 aromatic carbocycles. The highest BCUT2D eigenvalue weighted by molar-refractivity contribution is 8.26. The van der Waals surface area contributed by atoms with Crippen molar-refractivity contribution in [1.29, 1.82) is 0 Å². The lowest BCUT2D eigenvalue weighted by molar-refractivity contribution is -0.140. The first-order valence-corrected chi connectivity index (χ1v) is 16.3. The minimum absolute atomic E-state index is 0.128. The van der Waals surface area contributed by atoms with Crippen LogP contribution in [-0.4, -0.2) is 56.6 Å². The maximum atomic E-state index is 14.1. The van der Waals surface area contributed by atoms with Crippen LogP contribution in [0, 0.1) is 0 Å². The Balaban J connectivity index is 1.72. The number of unbranched alkanes of at least 4 members (excludes halogenated alkanes) is 2. The third kappa shape index (κ3) is 9.42. The molecule has 236 valence electrons. The van der Waals surface area contributed by atoms with Gasteiger partial charge in [0.05, 0.1) is 4.91 Å². The fraction of sp³-hybridized carbons (Fsp3) is 0.314. The topological polar surface area (TPSA) is 96.4 Å². The Morgan fingerprint density at radius 3 is 2.22 bits per heavy atom. The molecule has 1 fully saturated rings. The minimum atomic E-state index is -1.15. The lowest BCUT2D eigenvalue weighted by atomic mass is 10.1. The van der Waals surface area contributed by atoms with Crippen molar-refractivity contribution in [3.63, 3.8) is 0 Å². The number of hydrogen-bond acceptors (Lipinski definition) is 7. The second-order valence-corrected chi connectivity index (χ2v) is 12.3. The van der Waals surface area contributed by atoms with Crippen molar-refractivity contribution in [2.45, 2.75) is 52.2 Å². The van der Waals surface area contributed by atoms with Crippen LogP contribution in [0.25, 0.3) is 6.08 Å². The van der Waals surface area contributed by atoms with E-state index in [0.717, 1.165) is 53.5 Å². The van der Waals surface area contributed by atoms with E-state index in [9.17, 15) is 19.5 Å². The first-order chi connectivity index (χ1) is 21.8. The van der Waals surface area contributed by atoms with Crippen LogP contribution in [0.15, 0.2) is 83.8 Å². The number of aliphatic carboxylic acids is 1. The van der Waals surface area contributed by atoms with Gasteiger partial charge in [0.15, 0.2) is 11.5 Å². The molecule has 45 heavy (non-hydrogen) atoms. The van der Waals surface area contributed by atoms with Crippen LogP contribution in [0.2, 0.25) is 0 Å². The number of hydrogen-bond donors (Lipinski definition) is 1. The molecular weight excluding hydrogens is 609 g/mol. The second kappa shape index (κ2) is 16.8. The van der Waals surface area contributed by atoms with E-state index in [4.69, 9.17) is 21.7 Å². The van der Waals surface area contributed by atoms with Gasteiger partial charge in [0, 0.05) is 18.7 Å². The summed E-state index contributed by atoms with van der Waals surface area (Å²) in [4.78, 5) is 41.6. The van der Waals surface area contributed by atoms with Crippen molar-refractivity contribution >= 4 is 52.2 Å². The van der Waals surface area contributed by atoms with Gasteiger partial charge in [0.2, 0.25) is 6.10 Å². The Hall–Kier alpha value is -4.15. The Morgan fingerprint density at radius 1 is 0.956 bits per heavy atom. The van der Waals surface area contributed by atoms with Gasteiger partial charge in [-0.2, -0.15) is 0 Å². The number of carbonyl (C=O) groups is 3. The number of carbonyl (C=O) groups excluding carboxylic acids is 2. The van der Waals surface area contributed by atoms with E-state index < -0.39 is 24.5 Å². The van der Waals surface area contributed by atoms with Crippen LogP contribution in [0.1, 0.15) is 62.3 Å². The summed E-state index contributed by atoms with van der Waals surface area (Å²) in [5.41, 5.74) is 2.30. The number of thiocarbonyl (C=S) groups is 1. The van der Waals surface area contributed by atoms with Crippen molar-refractivity contribution < 1.29 is 29.0 Å². The molecule has 2 amide bonds. The number of ether oxygens (including phenoxy) is 2. The zero-order chi connectivity index (χ0) is 32.2. The summed E-state index contributed by atoms with van der Waals surface area (Å²) < 4.78 is 13.0. The Kier molecular flexibility index (Phi) is 12.6. The van der Waals surface area contributed by atoms with Crippen molar-refractivity contribution in [2.24, 2.45) is 0 Å². The van der Waals surface area contributed by atoms with E-state index in [0.29, 0.717) is 35.1 Å². The lowest BCUT2D eigenvalue weighted by Crippen LogP contribution is -2.38. The van der Waals surface area contributed by atoms with Crippen LogP contribution in [0.4, 0.5) is 0 Å². The molecule has 1 atom stereocenters. The molecular formula is C35H38N2O6S2. The van der Waals surface area contributed by atoms with Crippen LogP contribution < -0.4 is 9.47 Å². The zero-order valence-corrected chi connectivity index (χ0v) is 27.1. The number of thioether (sulfide) groups is 1. The molecule has 10 heteroatoms. The molecule has 0 spiro atoms. The largest absolute Gasteiger partial charge is 0.485 e. The van der Waals surface area contributed by atoms with Crippen LogP contribution in [0.3, 0.4) is 0 Å². The average molecular weight is 647 g/mol. The van der Waals surface area contributed by atoms with E-state index in [-0.39, 0.29) is 16.8 Å². The smallest absolute Gasteiger partial charge is 0.323 e. The number of rotatable bonds is 16. The first-order valence-electron chi connectivity index (χ1n) is 15.1. The van der Waals surface area contributed by atoms with Gasteiger partial charge in [-0.15, -0.1) is 0 Å². The molecule has 1 aliphatic rings. The highest BCUT2D eigenvalue weighted by Gasteiger charge is 2.34. The van der Waals surface area contributed by atoms with Crippen molar-refractivity contribution in [2.75, 3.05) is 19.6 Å². The Bertz CT molecular complexity index is 1510. The van der Waals surface area contributed by atoms with Crippen LogP contribution in [-0.2, 0) is 21.0 Å². The van der Waals surface area contributed by atoms with Crippen molar-refractivity contribution in [1.82, 2.24) is 9.80 Å². The van der Waals surface area contributed by atoms with E-state index in [2.05, 4.69) is 13.8 Å². The molecule has 1 N–H and O–H groups in total. The zero-order valence-electron chi connectivity index (χ0n) is 25.5. The molecule has 1 unspecified atom stereocenters. The van der Waals surface area contributed by atoms with E-state index in [1.54, 1.807) is 24.3 Å². The molecule has 8 nitrogen and oxygen atoms in total. The van der Waals surface area contributed by atoms with Gasteiger partial charge in [-0.25, -0.2) is 0 Å². The van der Waals surface area contributed by atoms with Gasteiger partial charge < -0.3 is 19.5 Å². The normalized spacial score (nSPS) is 14.4. The van der Waals surface area contributed by atoms with Crippen LogP contribution in [0.5, 0.6) is 11.5 Å². The molecule has 3 aromatic rings. The Morgan fingerprint density at radius 2 is 1.60 bits per heavy atom. The van der Waals surface area contributed by atoms with Gasteiger partial charge in [-0.3, -0.25) is 19.3 Å². The van der Waals surface area contributed by atoms with Crippen LogP contribution >= 0.6 is 24.0 Å². The fourth-order valence-corrected chi connectivity index (χ4v) is 5.95. The Labute approximate surface area is 274 Å². The quantitative estimate of drug-likeness (QED) is 0.130. The van der Waals surface area contributed by atoms with Gasteiger partial charge in [-0.1, -0.05) is 117 Å². The molecule has 1 aliphatic heterocycles. The SMILES string of the molecule is CCCCN(CCCC)C(=O)C(Oc1cc(/C=C2\SC(=S)N(CC(=O)O)C2=O)ccc1OCc1ccccc1)c1ccccc1. The monoisotopic (exact) mass is 646 g/mol. The van der Waals surface area contributed by atoms with E-state index >= 15 is 0 Å². The summed E-state index contributed by atoms with van der Waals surface area (Å²) in [7, 11) is 0. The standard InChI is InChI=1S/C35H38N2O6S2/c1-3-5-19-36(20-6-4-2)34(41)32(27-15-11-8-12-16-27)43-29-21-26(17-18-28(29)42-24-25-13-9-7-10-14-25)22-30-33(40)37(23-31(38)39)35(44)45-30/h7-18,21-22,32H,3-6,19-20,23-24H2,1-2H3,(H,38,39)/b30-22-. The summed E-state index contributed by atoms with van der Waals surface area (Å²) in [6.45, 7) is 5.26. The predicted molar refractivity (Wildman–Crippen MR) is 181 cm³/mol. The fourth-order valence-electron chi connectivity index (χ4n) is 4.70. The number of carboxylic acid groups (broad SMARTS) is 1. The summed E-state index contributed by atoms with van der Waals surface area (Å²) in [6, 6.07) is 24.4. The first kappa shape index (κ1) is 33.7. The van der Waals surface area contributed by atoms with E-state index in [1.807, 2.05) is 65.6 Å². The molecule has 0 aliphatic carbocycles. The molecule has 0 saturated carbocycles. The maximum Gasteiger partial charge on any atom is 0.323 e. The summed E-state index contributed by atoms with van der Waals surface area (Å²) in [6.07, 6.45) is 4.41. The van der Waals surface area contributed by atoms with Gasteiger partial charge >= 0.3 is 5.97 Å². The van der Waals surface area contributed by atoms with Gasteiger partial charge in [-0.05, 0) is 42.2 Å². The third-order valence-corrected chi connectivity index (χ3v) is 8.49. The molecule has 1 heterocycles. The number of carboxylic acids is 1. The number of nitrogens with zero attached hydrogens (tertiary/aromatic N) is 2. The molecule has 0 aromatic heterocycles. The second-order valence-electron chi connectivity index (χ2n) is 10.6. The molecule has 0 bridgehead atoms. The van der Waals surface area contributed by atoms with Crippen molar-refractivity contribution in [3.05, 3.63) is 100 Å². The number of benzene rings is 3. The van der Waals surface area contributed by atoms with E-state index in [1.165, 1.54) is 0 Å².